The first-order valence-electron chi connectivity index (χ1n) is 4.62. The average Bonchev–Trinajstić information content (AvgIpc) is 1.83. The molecular formula is C11H18O. The number of allylic oxidation sites excluding steroid dienone is 2. The van der Waals surface area contributed by atoms with Gasteiger partial charge < -0.3 is 0 Å². The molecule has 0 fully saturated rings. The van der Waals surface area contributed by atoms with Crippen molar-refractivity contribution in [2.24, 2.45) is 11.3 Å². The monoisotopic (exact) mass is 166 g/mol. The van der Waals surface area contributed by atoms with Gasteiger partial charge in [-0.15, -0.1) is 0 Å². The standard InChI is InChI=1S/C11H18O/c1-8-7-11(3,4)6-5-10(8)9(2)12/h7,10H,5-6H2,1-4H3. The van der Waals surface area contributed by atoms with Crippen molar-refractivity contribution in [2.75, 3.05) is 0 Å². The number of Topliss-reactive ketones (excluding diaryl/α,β-unsaturated/α-hetero) is 1. The van der Waals surface area contributed by atoms with Crippen LogP contribution >= 0.6 is 0 Å². The summed E-state index contributed by atoms with van der Waals surface area (Å²) in [6.45, 7) is 8.23. The lowest BCUT2D eigenvalue weighted by Gasteiger charge is -2.30. The second-order valence-electron chi connectivity index (χ2n) is 4.58. The molecule has 0 saturated heterocycles. The molecule has 0 amide bonds. The lowest BCUT2D eigenvalue weighted by Crippen LogP contribution is -2.23. The molecule has 0 radical (unpaired) electrons. The zero-order valence-electron chi connectivity index (χ0n) is 8.48. The maximum atomic E-state index is 11.2. The van der Waals surface area contributed by atoms with Crippen LogP contribution in [0.15, 0.2) is 11.6 Å². The van der Waals surface area contributed by atoms with E-state index >= 15 is 0 Å². The van der Waals surface area contributed by atoms with Gasteiger partial charge in [-0.3, -0.25) is 4.79 Å². The quantitative estimate of drug-likeness (QED) is 0.547. The van der Waals surface area contributed by atoms with Crippen LogP contribution in [0.5, 0.6) is 0 Å². The minimum absolute atomic E-state index is 0.207. The highest BCUT2D eigenvalue weighted by molar-refractivity contribution is 5.81. The van der Waals surface area contributed by atoms with Gasteiger partial charge in [0.15, 0.2) is 0 Å². The van der Waals surface area contributed by atoms with E-state index in [1.807, 2.05) is 0 Å². The third-order valence-electron chi connectivity index (χ3n) is 2.74. The summed E-state index contributed by atoms with van der Waals surface area (Å²) in [5.41, 5.74) is 1.56. The number of ketones is 1. The van der Waals surface area contributed by atoms with Gasteiger partial charge in [-0.05, 0) is 32.1 Å². The van der Waals surface area contributed by atoms with E-state index in [4.69, 9.17) is 0 Å². The number of carbonyl (C=O) groups is 1. The first-order valence-corrected chi connectivity index (χ1v) is 4.62. The first kappa shape index (κ1) is 9.50. The van der Waals surface area contributed by atoms with E-state index in [2.05, 4.69) is 26.8 Å². The van der Waals surface area contributed by atoms with E-state index in [1.54, 1.807) is 6.92 Å². The Balaban J connectivity index is 2.83. The highest BCUT2D eigenvalue weighted by Gasteiger charge is 2.27. The first-order chi connectivity index (χ1) is 5.42. The van der Waals surface area contributed by atoms with Gasteiger partial charge in [-0.25, -0.2) is 0 Å². The molecule has 0 saturated carbocycles. The van der Waals surface area contributed by atoms with Crippen LogP contribution in [0.3, 0.4) is 0 Å². The largest absolute Gasteiger partial charge is 0.299 e. The Kier molecular flexibility index (Phi) is 2.41. The molecule has 1 aliphatic rings. The van der Waals surface area contributed by atoms with E-state index in [0.717, 1.165) is 12.8 Å². The Morgan fingerprint density at radius 3 is 2.58 bits per heavy atom. The summed E-state index contributed by atoms with van der Waals surface area (Å²) in [5, 5.41) is 0. The van der Waals surface area contributed by atoms with Gasteiger partial charge in [0.05, 0.1) is 0 Å². The number of hydrogen-bond donors (Lipinski definition) is 0. The van der Waals surface area contributed by atoms with Gasteiger partial charge in [0.25, 0.3) is 0 Å². The fourth-order valence-corrected chi connectivity index (χ4v) is 2.06. The van der Waals surface area contributed by atoms with Crippen molar-refractivity contribution in [3.05, 3.63) is 11.6 Å². The van der Waals surface area contributed by atoms with E-state index in [1.165, 1.54) is 5.57 Å². The van der Waals surface area contributed by atoms with Gasteiger partial charge in [-0.2, -0.15) is 0 Å². The van der Waals surface area contributed by atoms with Gasteiger partial charge in [0.1, 0.15) is 5.78 Å². The van der Waals surface area contributed by atoms with Crippen molar-refractivity contribution in [3.8, 4) is 0 Å². The Morgan fingerprint density at radius 1 is 1.58 bits per heavy atom. The Hall–Kier alpha value is -0.590. The molecule has 0 aromatic rings. The second-order valence-corrected chi connectivity index (χ2v) is 4.58. The summed E-state index contributed by atoms with van der Waals surface area (Å²) >= 11 is 0. The van der Waals surface area contributed by atoms with Crippen molar-refractivity contribution in [1.29, 1.82) is 0 Å². The van der Waals surface area contributed by atoms with Crippen LogP contribution in [0.2, 0.25) is 0 Å². The molecule has 0 heterocycles. The van der Waals surface area contributed by atoms with E-state index < -0.39 is 0 Å². The van der Waals surface area contributed by atoms with Crippen LogP contribution in [0.1, 0.15) is 40.5 Å². The van der Waals surface area contributed by atoms with Crippen molar-refractivity contribution < 1.29 is 4.79 Å². The molecule has 1 atom stereocenters. The van der Waals surface area contributed by atoms with Crippen molar-refractivity contribution >= 4 is 5.78 Å². The molecule has 68 valence electrons. The van der Waals surface area contributed by atoms with Crippen molar-refractivity contribution in [3.63, 3.8) is 0 Å². The lowest BCUT2D eigenvalue weighted by molar-refractivity contribution is -0.120. The number of rotatable bonds is 1. The molecule has 1 unspecified atom stereocenters. The van der Waals surface area contributed by atoms with Gasteiger partial charge in [0, 0.05) is 5.92 Å². The van der Waals surface area contributed by atoms with Gasteiger partial charge in [-0.1, -0.05) is 25.5 Å². The molecular weight excluding hydrogens is 148 g/mol. The molecule has 1 nitrogen and oxygen atoms in total. The molecule has 0 N–H and O–H groups in total. The van der Waals surface area contributed by atoms with E-state index in [0.29, 0.717) is 11.2 Å². The summed E-state index contributed by atoms with van der Waals surface area (Å²) in [7, 11) is 0. The van der Waals surface area contributed by atoms with Gasteiger partial charge in [0.2, 0.25) is 0 Å². The smallest absolute Gasteiger partial charge is 0.136 e. The molecule has 1 aliphatic carbocycles. The number of hydrogen-bond acceptors (Lipinski definition) is 1. The SMILES string of the molecule is CC(=O)C1CCC(C)(C)C=C1C. The maximum absolute atomic E-state index is 11.2. The topological polar surface area (TPSA) is 17.1 Å². The van der Waals surface area contributed by atoms with Crippen LogP contribution in [0.4, 0.5) is 0 Å². The predicted molar refractivity (Wildman–Crippen MR) is 50.9 cm³/mol. The van der Waals surface area contributed by atoms with Crippen LogP contribution in [-0.4, -0.2) is 5.78 Å². The molecule has 0 spiro atoms. The molecule has 0 aliphatic heterocycles. The highest BCUT2D eigenvalue weighted by atomic mass is 16.1. The summed E-state index contributed by atoms with van der Waals surface area (Å²) < 4.78 is 0. The molecule has 1 rings (SSSR count). The van der Waals surface area contributed by atoms with E-state index in [-0.39, 0.29) is 5.92 Å². The van der Waals surface area contributed by atoms with Crippen molar-refractivity contribution in [1.82, 2.24) is 0 Å². The summed E-state index contributed by atoms with van der Waals surface area (Å²) in [5.74, 6) is 0.525. The van der Waals surface area contributed by atoms with Crippen molar-refractivity contribution in [2.45, 2.75) is 40.5 Å². The molecule has 0 aromatic heterocycles. The number of carbonyl (C=O) groups excluding carboxylic acids is 1. The van der Waals surface area contributed by atoms with E-state index in [9.17, 15) is 4.79 Å². The maximum Gasteiger partial charge on any atom is 0.136 e. The lowest BCUT2D eigenvalue weighted by atomic mass is 9.74. The van der Waals surface area contributed by atoms with Crippen LogP contribution in [0, 0.1) is 11.3 Å². The summed E-state index contributed by atoms with van der Waals surface area (Å²) in [4.78, 5) is 11.2. The molecule has 12 heavy (non-hydrogen) atoms. The third-order valence-corrected chi connectivity index (χ3v) is 2.74. The Morgan fingerprint density at radius 2 is 2.17 bits per heavy atom. The Labute approximate surface area is 74.9 Å². The minimum Gasteiger partial charge on any atom is -0.299 e. The van der Waals surface area contributed by atoms with Crippen LogP contribution in [-0.2, 0) is 4.79 Å². The fraction of sp³-hybridized carbons (Fsp3) is 0.727. The highest BCUT2D eigenvalue weighted by Crippen LogP contribution is 2.36. The minimum atomic E-state index is 0.207. The van der Waals surface area contributed by atoms with Crippen LogP contribution < -0.4 is 0 Å². The fourth-order valence-electron chi connectivity index (χ4n) is 2.06. The van der Waals surface area contributed by atoms with Gasteiger partial charge >= 0.3 is 0 Å². The molecule has 1 heteroatoms. The third kappa shape index (κ3) is 1.96. The summed E-state index contributed by atoms with van der Waals surface area (Å²) in [6.07, 6.45) is 4.42. The molecule has 0 bridgehead atoms. The normalized spacial score (nSPS) is 28.0. The Bertz CT molecular complexity index is 223. The second kappa shape index (κ2) is 3.04. The predicted octanol–water partition coefficient (Wildman–Crippen LogP) is 2.96. The average molecular weight is 166 g/mol. The zero-order chi connectivity index (χ0) is 9.35. The summed E-state index contributed by atoms with van der Waals surface area (Å²) in [6, 6.07) is 0. The van der Waals surface area contributed by atoms with Crippen LogP contribution in [0.25, 0.3) is 0 Å². The molecule has 0 aromatic carbocycles. The zero-order valence-corrected chi connectivity index (χ0v) is 8.48.